The van der Waals surface area contributed by atoms with E-state index in [4.69, 9.17) is 4.42 Å². The Hall–Kier alpha value is -1.86. The van der Waals surface area contributed by atoms with Crippen molar-refractivity contribution in [1.82, 2.24) is 10.2 Å². The molecule has 0 aliphatic carbocycles. The molecular weight excluding hydrogens is 376 g/mol. The van der Waals surface area contributed by atoms with Crippen molar-refractivity contribution < 1.29 is 17.6 Å². The van der Waals surface area contributed by atoms with Crippen molar-refractivity contribution in [3.63, 3.8) is 0 Å². The largest absolute Gasteiger partial charge is 0.464 e. The fourth-order valence-electron chi connectivity index (χ4n) is 4.53. The number of fused-ring (bicyclic) bond motifs is 1. The number of amides is 1. The van der Waals surface area contributed by atoms with Crippen molar-refractivity contribution in [1.29, 1.82) is 0 Å². The first-order valence-electron chi connectivity index (χ1n) is 10.0. The molecular formula is C21H28N2O4S. The monoisotopic (exact) mass is 404 g/mol. The molecule has 0 unspecified atom stereocenters. The number of carbonyl (C=O) groups is 1. The van der Waals surface area contributed by atoms with Crippen LogP contribution in [0.4, 0.5) is 0 Å². The Morgan fingerprint density at radius 1 is 1.18 bits per heavy atom. The van der Waals surface area contributed by atoms with E-state index in [9.17, 15) is 13.2 Å². The van der Waals surface area contributed by atoms with E-state index in [0.29, 0.717) is 0 Å². The van der Waals surface area contributed by atoms with E-state index < -0.39 is 9.84 Å². The van der Waals surface area contributed by atoms with Gasteiger partial charge in [-0.25, -0.2) is 8.42 Å². The van der Waals surface area contributed by atoms with Gasteiger partial charge in [0.05, 0.1) is 30.2 Å². The first kappa shape index (κ1) is 19.5. The number of hydrogen-bond acceptors (Lipinski definition) is 5. The van der Waals surface area contributed by atoms with Crippen molar-refractivity contribution in [2.75, 3.05) is 24.6 Å². The van der Waals surface area contributed by atoms with Crippen LogP contribution in [0.15, 0.2) is 22.8 Å². The zero-order valence-electron chi connectivity index (χ0n) is 16.5. The predicted octanol–water partition coefficient (Wildman–Crippen LogP) is 2.36. The summed E-state index contributed by atoms with van der Waals surface area (Å²) in [6.45, 7) is 5.87. The lowest BCUT2D eigenvalue weighted by atomic mass is 10.0. The summed E-state index contributed by atoms with van der Waals surface area (Å²) in [5.41, 5.74) is 3.89. The van der Waals surface area contributed by atoms with Crippen LogP contribution in [0, 0.1) is 13.8 Å². The molecule has 0 saturated carbocycles. The topological polar surface area (TPSA) is 79.6 Å². The van der Waals surface area contributed by atoms with Crippen LogP contribution < -0.4 is 5.32 Å². The second-order valence-corrected chi connectivity index (χ2v) is 10.4. The van der Waals surface area contributed by atoms with Gasteiger partial charge in [-0.3, -0.25) is 9.69 Å². The molecule has 2 aromatic rings. The molecule has 152 valence electrons. The van der Waals surface area contributed by atoms with Gasteiger partial charge < -0.3 is 9.73 Å². The SMILES string of the molecule is Cc1ccc2c(CC(=O)N[C@H]3CS(=O)(=O)C[C@H]3N3CCCCC3)coc2c1C. The van der Waals surface area contributed by atoms with Crippen LogP contribution in [0.2, 0.25) is 0 Å². The van der Waals surface area contributed by atoms with E-state index in [1.165, 1.54) is 6.42 Å². The summed E-state index contributed by atoms with van der Waals surface area (Å²) in [5.74, 6) is 0.0279. The van der Waals surface area contributed by atoms with Crippen LogP contribution in [-0.4, -0.2) is 55.9 Å². The number of benzene rings is 1. The molecule has 0 bridgehead atoms. The molecule has 6 nitrogen and oxygen atoms in total. The highest BCUT2D eigenvalue weighted by molar-refractivity contribution is 7.91. The zero-order chi connectivity index (χ0) is 19.9. The standard InChI is InChI=1S/C21H28N2O4S/c1-14-6-7-17-16(11-27-21(17)15(14)2)10-20(24)22-18-12-28(25,26)13-19(18)23-8-4-3-5-9-23/h6-7,11,18-19H,3-5,8-10,12-13H2,1-2H3,(H,22,24)/t18-,19+/m0/s1. The number of furan rings is 1. The third-order valence-corrected chi connectivity index (χ3v) is 7.94. The Balaban J connectivity index is 1.49. The third-order valence-electron chi connectivity index (χ3n) is 6.22. The molecule has 0 spiro atoms. The summed E-state index contributed by atoms with van der Waals surface area (Å²) in [4.78, 5) is 15.0. The number of nitrogens with one attached hydrogen (secondary N) is 1. The number of rotatable bonds is 4. The van der Waals surface area contributed by atoms with Gasteiger partial charge in [0.25, 0.3) is 0 Å². The summed E-state index contributed by atoms with van der Waals surface area (Å²) in [6.07, 6.45) is 5.22. The molecule has 2 atom stereocenters. The highest BCUT2D eigenvalue weighted by atomic mass is 32.2. The van der Waals surface area contributed by atoms with Gasteiger partial charge in [0, 0.05) is 17.0 Å². The molecule has 1 N–H and O–H groups in total. The van der Waals surface area contributed by atoms with Crippen molar-refractivity contribution >= 4 is 26.7 Å². The maximum absolute atomic E-state index is 12.7. The number of nitrogens with zero attached hydrogens (tertiary/aromatic N) is 1. The van der Waals surface area contributed by atoms with Crippen LogP contribution in [0.3, 0.4) is 0 Å². The summed E-state index contributed by atoms with van der Waals surface area (Å²) >= 11 is 0. The molecule has 1 aromatic heterocycles. The minimum atomic E-state index is -3.12. The summed E-state index contributed by atoms with van der Waals surface area (Å²) in [5, 5.41) is 3.96. The predicted molar refractivity (Wildman–Crippen MR) is 109 cm³/mol. The Bertz CT molecular complexity index is 989. The average molecular weight is 405 g/mol. The lowest BCUT2D eigenvalue weighted by Gasteiger charge is -2.35. The number of sulfone groups is 1. The smallest absolute Gasteiger partial charge is 0.224 e. The second kappa shape index (κ2) is 7.52. The second-order valence-electron chi connectivity index (χ2n) is 8.24. The van der Waals surface area contributed by atoms with E-state index in [0.717, 1.165) is 53.6 Å². The molecule has 7 heteroatoms. The first-order chi connectivity index (χ1) is 13.3. The Morgan fingerprint density at radius 2 is 1.93 bits per heavy atom. The summed E-state index contributed by atoms with van der Waals surface area (Å²) in [7, 11) is -3.12. The van der Waals surface area contributed by atoms with Crippen LogP contribution >= 0.6 is 0 Å². The summed E-state index contributed by atoms with van der Waals surface area (Å²) < 4.78 is 30.2. The maximum atomic E-state index is 12.7. The Labute approximate surface area is 166 Å². The number of hydrogen-bond donors (Lipinski definition) is 1. The lowest BCUT2D eigenvalue weighted by Crippen LogP contribution is -2.52. The fourth-order valence-corrected chi connectivity index (χ4v) is 6.49. The van der Waals surface area contributed by atoms with Crippen LogP contribution in [-0.2, 0) is 21.1 Å². The van der Waals surface area contributed by atoms with Gasteiger partial charge in [0.1, 0.15) is 5.58 Å². The van der Waals surface area contributed by atoms with Gasteiger partial charge >= 0.3 is 0 Å². The number of carbonyl (C=O) groups excluding carboxylic acids is 1. The molecule has 1 aromatic carbocycles. The van der Waals surface area contributed by atoms with Crippen molar-refractivity contribution in [2.24, 2.45) is 0 Å². The van der Waals surface area contributed by atoms with Crippen molar-refractivity contribution in [2.45, 2.75) is 51.6 Å². The molecule has 2 aliphatic heterocycles. The maximum Gasteiger partial charge on any atom is 0.224 e. The van der Waals surface area contributed by atoms with Gasteiger partial charge in [0.2, 0.25) is 5.91 Å². The third kappa shape index (κ3) is 3.82. The van der Waals surface area contributed by atoms with E-state index in [2.05, 4.69) is 10.2 Å². The van der Waals surface area contributed by atoms with Crippen molar-refractivity contribution in [3.05, 3.63) is 35.1 Å². The Morgan fingerprint density at radius 3 is 2.68 bits per heavy atom. The Kier molecular flexibility index (Phi) is 5.22. The number of aryl methyl sites for hydroxylation is 2. The van der Waals surface area contributed by atoms with E-state index in [-0.39, 0.29) is 35.9 Å². The van der Waals surface area contributed by atoms with Crippen molar-refractivity contribution in [3.8, 4) is 0 Å². The zero-order valence-corrected chi connectivity index (χ0v) is 17.3. The quantitative estimate of drug-likeness (QED) is 0.846. The molecule has 2 saturated heterocycles. The molecule has 2 aliphatic rings. The minimum Gasteiger partial charge on any atom is -0.464 e. The number of piperidine rings is 1. The molecule has 28 heavy (non-hydrogen) atoms. The molecule has 2 fully saturated rings. The average Bonchev–Trinajstić information content (AvgIpc) is 3.19. The van der Waals surface area contributed by atoms with E-state index in [1.54, 1.807) is 6.26 Å². The minimum absolute atomic E-state index is 0.0321. The first-order valence-corrected chi connectivity index (χ1v) is 11.9. The van der Waals surface area contributed by atoms with E-state index >= 15 is 0 Å². The van der Waals surface area contributed by atoms with Gasteiger partial charge in [-0.05, 0) is 50.9 Å². The van der Waals surface area contributed by atoms with Gasteiger partial charge in [-0.2, -0.15) is 0 Å². The van der Waals surface area contributed by atoms with Gasteiger partial charge in [0.15, 0.2) is 9.84 Å². The highest BCUT2D eigenvalue weighted by Gasteiger charge is 2.41. The highest BCUT2D eigenvalue weighted by Crippen LogP contribution is 2.27. The van der Waals surface area contributed by atoms with Crippen LogP contribution in [0.25, 0.3) is 11.0 Å². The molecule has 1 amide bonds. The normalized spacial score (nSPS) is 25.2. The summed E-state index contributed by atoms with van der Waals surface area (Å²) in [6, 6.07) is 3.57. The fraction of sp³-hybridized carbons (Fsp3) is 0.571. The molecule has 4 rings (SSSR count). The molecule has 0 radical (unpaired) electrons. The van der Waals surface area contributed by atoms with Gasteiger partial charge in [-0.1, -0.05) is 18.6 Å². The van der Waals surface area contributed by atoms with Crippen LogP contribution in [0.1, 0.15) is 36.0 Å². The molecule has 3 heterocycles. The van der Waals surface area contributed by atoms with Crippen LogP contribution in [0.5, 0.6) is 0 Å². The van der Waals surface area contributed by atoms with Gasteiger partial charge in [-0.15, -0.1) is 0 Å². The lowest BCUT2D eigenvalue weighted by molar-refractivity contribution is -0.121. The van der Waals surface area contributed by atoms with E-state index in [1.807, 2.05) is 26.0 Å². The number of likely N-dealkylation sites (tertiary alicyclic amines) is 1.